The SMILES string of the molecule is Cc1ccc2c(c1)C(NC(C(=O)O)c1ccccc1)CC2. The minimum atomic E-state index is -0.831. The van der Waals surface area contributed by atoms with E-state index >= 15 is 0 Å². The molecule has 0 fully saturated rings. The number of aliphatic carboxylic acids is 1. The van der Waals surface area contributed by atoms with Gasteiger partial charge < -0.3 is 5.11 Å². The molecule has 21 heavy (non-hydrogen) atoms. The van der Waals surface area contributed by atoms with Gasteiger partial charge in [-0.15, -0.1) is 0 Å². The Hall–Kier alpha value is -2.13. The summed E-state index contributed by atoms with van der Waals surface area (Å²) < 4.78 is 0. The summed E-state index contributed by atoms with van der Waals surface area (Å²) in [6.45, 7) is 2.07. The fourth-order valence-electron chi connectivity index (χ4n) is 3.05. The summed E-state index contributed by atoms with van der Waals surface area (Å²) >= 11 is 0. The van der Waals surface area contributed by atoms with E-state index in [0.29, 0.717) is 0 Å². The van der Waals surface area contributed by atoms with Crippen molar-refractivity contribution in [3.63, 3.8) is 0 Å². The van der Waals surface area contributed by atoms with Crippen LogP contribution in [0, 0.1) is 6.92 Å². The summed E-state index contributed by atoms with van der Waals surface area (Å²) in [5, 5.41) is 12.8. The molecule has 0 saturated carbocycles. The van der Waals surface area contributed by atoms with Gasteiger partial charge in [-0.1, -0.05) is 54.1 Å². The second-order valence-electron chi connectivity index (χ2n) is 5.64. The van der Waals surface area contributed by atoms with Crippen LogP contribution >= 0.6 is 0 Å². The molecule has 2 atom stereocenters. The summed E-state index contributed by atoms with van der Waals surface area (Å²) in [6, 6.07) is 15.3. The molecule has 0 amide bonds. The predicted octanol–water partition coefficient (Wildman–Crippen LogP) is 3.40. The smallest absolute Gasteiger partial charge is 0.325 e. The number of hydrogen-bond acceptors (Lipinski definition) is 2. The molecule has 2 aromatic carbocycles. The van der Waals surface area contributed by atoms with E-state index in [2.05, 4.69) is 30.4 Å². The first kappa shape index (κ1) is 13.8. The molecule has 0 aromatic heterocycles. The van der Waals surface area contributed by atoms with E-state index in [0.717, 1.165) is 18.4 Å². The van der Waals surface area contributed by atoms with Crippen LogP contribution < -0.4 is 5.32 Å². The first-order valence-corrected chi connectivity index (χ1v) is 7.28. The van der Waals surface area contributed by atoms with Crippen LogP contribution in [0.25, 0.3) is 0 Å². The molecule has 108 valence electrons. The summed E-state index contributed by atoms with van der Waals surface area (Å²) in [5.74, 6) is -0.831. The lowest BCUT2D eigenvalue weighted by Crippen LogP contribution is -2.31. The Labute approximate surface area is 124 Å². The minimum Gasteiger partial charge on any atom is -0.480 e. The van der Waals surface area contributed by atoms with Crippen molar-refractivity contribution in [1.82, 2.24) is 5.32 Å². The Morgan fingerprint density at radius 2 is 2.00 bits per heavy atom. The van der Waals surface area contributed by atoms with Gasteiger partial charge in [-0.25, -0.2) is 0 Å². The number of rotatable bonds is 4. The first-order chi connectivity index (χ1) is 10.1. The van der Waals surface area contributed by atoms with Crippen molar-refractivity contribution in [3.8, 4) is 0 Å². The molecular weight excluding hydrogens is 262 g/mol. The summed E-state index contributed by atoms with van der Waals surface area (Å²) in [6.07, 6.45) is 1.96. The Morgan fingerprint density at radius 1 is 1.24 bits per heavy atom. The number of benzene rings is 2. The van der Waals surface area contributed by atoms with E-state index in [1.54, 1.807) is 0 Å². The summed E-state index contributed by atoms with van der Waals surface area (Å²) in [5.41, 5.74) is 4.59. The molecule has 0 saturated heterocycles. The first-order valence-electron chi connectivity index (χ1n) is 7.28. The fourth-order valence-corrected chi connectivity index (χ4v) is 3.05. The van der Waals surface area contributed by atoms with E-state index in [1.165, 1.54) is 16.7 Å². The van der Waals surface area contributed by atoms with Crippen LogP contribution in [-0.4, -0.2) is 11.1 Å². The van der Waals surface area contributed by atoms with E-state index in [9.17, 15) is 9.90 Å². The number of hydrogen-bond donors (Lipinski definition) is 2. The minimum absolute atomic E-state index is 0.112. The average molecular weight is 281 g/mol. The highest BCUT2D eigenvalue weighted by molar-refractivity contribution is 5.75. The van der Waals surface area contributed by atoms with Crippen LogP contribution in [0.5, 0.6) is 0 Å². The van der Waals surface area contributed by atoms with Crippen molar-refractivity contribution in [1.29, 1.82) is 0 Å². The zero-order chi connectivity index (χ0) is 14.8. The van der Waals surface area contributed by atoms with Crippen LogP contribution in [-0.2, 0) is 11.2 Å². The van der Waals surface area contributed by atoms with Crippen molar-refractivity contribution < 1.29 is 9.90 Å². The number of carbonyl (C=O) groups is 1. The van der Waals surface area contributed by atoms with Gasteiger partial charge in [0.1, 0.15) is 6.04 Å². The maximum atomic E-state index is 11.6. The number of aryl methyl sites for hydroxylation is 2. The van der Waals surface area contributed by atoms with Gasteiger partial charge in [0.05, 0.1) is 0 Å². The average Bonchev–Trinajstić information content (AvgIpc) is 2.87. The normalized spacial score (nSPS) is 18.2. The largest absolute Gasteiger partial charge is 0.480 e. The summed E-state index contributed by atoms with van der Waals surface area (Å²) in [7, 11) is 0. The Bertz CT molecular complexity index is 652. The quantitative estimate of drug-likeness (QED) is 0.903. The molecule has 1 aliphatic carbocycles. The molecular formula is C18H19NO2. The second kappa shape index (κ2) is 5.70. The number of carboxylic acid groups (broad SMARTS) is 1. The third kappa shape index (κ3) is 2.83. The lowest BCUT2D eigenvalue weighted by Gasteiger charge is -2.21. The molecule has 3 rings (SSSR count). The van der Waals surface area contributed by atoms with Crippen LogP contribution in [0.15, 0.2) is 48.5 Å². The molecule has 0 aliphatic heterocycles. The van der Waals surface area contributed by atoms with Crippen LogP contribution in [0.2, 0.25) is 0 Å². The third-order valence-electron chi connectivity index (χ3n) is 4.13. The van der Waals surface area contributed by atoms with Crippen molar-refractivity contribution in [2.24, 2.45) is 0 Å². The monoisotopic (exact) mass is 281 g/mol. The lowest BCUT2D eigenvalue weighted by molar-refractivity contribution is -0.139. The molecule has 3 heteroatoms. The van der Waals surface area contributed by atoms with Crippen molar-refractivity contribution in [3.05, 3.63) is 70.8 Å². The zero-order valence-electron chi connectivity index (χ0n) is 12.0. The van der Waals surface area contributed by atoms with Crippen LogP contribution in [0.1, 0.15) is 40.8 Å². The molecule has 0 spiro atoms. The standard InChI is InChI=1S/C18H19NO2/c1-12-7-8-13-9-10-16(15(13)11-12)19-17(18(20)21)14-5-3-2-4-6-14/h2-8,11,16-17,19H,9-10H2,1H3,(H,20,21). The van der Waals surface area contributed by atoms with Gasteiger partial charge >= 0.3 is 5.97 Å². The van der Waals surface area contributed by atoms with Crippen molar-refractivity contribution in [2.75, 3.05) is 0 Å². The molecule has 1 aliphatic rings. The topological polar surface area (TPSA) is 49.3 Å². The van der Waals surface area contributed by atoms with Gasteiger partial charge in [0, 0.05) is 6.04 Å². The summed E-state index contributed by atoms with van der Waals surface area (Å²) in [4.78, 5) is 11.6. The van der Waals surface area contributed by atoms with Gasteiger partial charge in [0.2, 0.25) is 0 Å². The molecule has 0 heterocycles. The van der Waals surface area contributed by atoms with Gasteiger partial charge in [-0.2, -0.15) is 0 Å². The van der Waals surface area contributed by atoms with Gasteiger partial charge in [0.15, 0.2) is 0 Å². The fraction of sp³-hybridized carbons (Fsp3) is 0.278. The number of fused-ring (bicyclic) bond motifs is 1. The highest BCUT2D eigenvalue weighted by Crippen LogP contribution is 2.33. The lowest BCUT2D eigenvalue weighted by atomic mass is 10.0. The van der Waals surface area contributed by atoms with E-state index in [-0.39, 0.29) is 6.04 Å². The van der Waals surface area contributed by atoms with Crippen molar-refractivity contribution >= 4 is 5.97 Å². The van der Waals surface area contributed by atoms with Crippen LogP contribution in [0.4, 0.5) is 0 Å². The number of nitrogens with one attached hydrogen (secondary N) is 1. The van der Waals surface area contributed by atoms with Gasteiger partial charge in [-0.3, -0.25) is 10.1 Å². The molecule has 2 aromatic rings. The maximum absolute atomic E-state index is 11.6. The van der Waals surface area contributed by atoms with Gasteiger partial charge in [0.25, 0.3) is 0 Å². The Balaban J connectivity index is 1.86. The molecule has 2 N–H and O–H groups in total. The van der Waals surface area contributed by atoms with Crippen LogP contribution in [0.3, 0.4) is 0 Å². The zero-order valence-corrected chi connectivity index (χ0v) is 12.0. The Morgan fingerprint density at radius 3 is 2.71 bits per heavy atom. The molecule has 2 unspecified atom stereocenters. The molecule has 0 radical (unpaired) electrons. The second-order valence-corrected chi connectivity index (χ2v) is 5.64. The highest BCUT2D eigenvalue weighted by Gasteiger charge is 2.28. The number of carboxylic acids is 1. The molecule has 3 nitrogen and oxygen atoms in total. The Kier molecular flexibility index (Phi) is 3.76. The van der Waals surface area contributed by atoms with E-state index in [1.807, 2.05) is 30.3 Å². The molecule has 0 bridgehead atoms. The maximum Gasteiger partial charge on any atom is 0.325 e. The van der Waals surface area contributed by atoms with Gasteiger partial charge in [-0.05, 0) is 36.5 Å². The van der Waals surface area contributed by atoms with E-state index in [4.69, 9.17) is 0 Å². The third-order valence-corrected chi connectivity index (χ3v) is 4.13. The highest BCUT2D eigenvalue weighted by atomic mass is 16.4. The van der Waals surface area contributed by atoms with E-state index < -0.39 is 12.0 Å². The van der Waals surface area contributed by atoms with Crippen molar-refractivity contribution in [2.45, 2.75) is 31.8 Å². The predicted molar refractivity (Wildman–Crippen MR) is 82.2 cm³/mol.